The van der Waals surface area contributed by atoms with Gasteiger partial charge in [-0.1, -0.05) is 42.0 Å². The first-order valence-corrected chi connectivity index (χ1v) is 10.9. The van der Waals surface area contributed by atoms with E-state index in [4.69, 9.17) is 11.6 Å². The number of carbonyl (C=O) groups is 1. The Bertz CT molecular complexity index is 1080. The first-order valence-electron chi connectivity index (χ1n) is 9.68. The van der Waals surface area contributed by atoms with E-state index in [1.165, 1.54) is 28.5 Å². The van der Waals surface area contributed by atoms with E-state index >= 15 is 0 Å². The van der Waals surface area contributed by atoms with Gasteiger partial charge in [-0.25, -0.2) is 4.98 Å². The highest BCUT2D eigenvalue weighted by molar-refractivity contribution is 7.20. The lowest BCUT2D eigenvalue weighted by atomic mass is 10.0. The molecule has 1 unspecified atom stereocenters. The number of hydrogen-bond donors (Lipinski definition) is 1. The average Bonchev–Trinajstić information content (AvgIpc) is 3.15. The van der Waals surface area contributed by atoms with Gasteiger partial charge in [0, 0.05) is 30.9 Å². The van der Waals surface area contributed by atoms with Crippen LogP contribution in [0.5, 0.6) is 0 Å². The standard InChI is InChI=1S/C20H22ClN5O2S/c1-13-3-2-10-25(12-13)20-24-26-18(28)16(11-23-19(26)29-20)17(27)22-9-8-14-4-6-15(21)7-5-14/h4-7,11,13H,2-3,8-10,12H2,1H3,(H,22,27). The van der Waals surface area contributed by atoms with Gasteiger partial charge in [0.15, 0.2) is 0 Å². The number of benzene rings is 1. The predicted molar refractivity (Wildman–Crippen MR) is 115 cm³/mol. The van der Waals surface area contributed by atoms with E-state index in [1.54, 1.807) is 0 Å². The van der Waals surface area contributed by atoms with Crippen molar-refractivity contribution in [2.24, 2.45) is 5.92 Å². The Hall–Kier alpha value is -2.45. The van der Waals surface area contributed by atoms with Crippen molar-refractivity contribution in [1.29, 1.82) is 0 Å². The van der Waals surface area contributed by atoms with Crippen molar-refractivity contribution in [2.75, 3.05) is 24.5 Å². The first-order chi connectivity index (χ1) is 14.0. The molecule has 1 amide bonds. The molecule has 29 heavy (non-hydrogen) atoms. The van der Waals surface area contributed by atoms with Crippen LogP contribution in [0.2, 0.25) is 5.02 Å². The van der Waals surface area contributed by atoms with Gasteiger partial charge >= 0.3 is 0 Å². The quantitative estimate of drug-likeness (QED) is 0.671. The summed E-state index contributed by atoms with van der Waals surface area (Å²) in [7, 11) is 0. The molecule has 0 spiro atoms. The van der Waals surface area contributed by atoms with Crippen LogP contribution >= 0.6 is 22.9 Å². The highest BCUT2D eigenvalue weighted by atomic mass is 35.5. The molecular formula is C20H22ClN5O2S. The zero-order valence-corrected chi connectivity index (χ0v) is 17.7. The van der Waals surface area contributed by atoms with Crippen molar-refractivity contribution in [1.82, 2.24) is 19.9 Å². The number of amides is 1. The Labute approximate surface area is 177 Å². The maximum atomic E-state index is 12.8. The second-order valence-corrected chi connectivity index (χ2v) is 8.75. The summed E-state index contributed by atoms with van der Waals surface area (Å²) in [5.74, 6) is 0.162. The van der Waals surface area contributed by atoms with Crippen LogP contribution in [0, 0.1) is 5.92 Å². The normalized spacial score (nSPS) is 16.9. The third-order valence-electron chi connectivity index (χ3n) is 5.06. The molecule has 152 valence electrons. The molecule has 1 aliphatic rings. The van der Waals surface area contributed by atoms with Gasteiger partial charge in [-0.2, -0.15) is 4.52 Å². The van der Waals surface area contributed by atoms with Crippen LogP contribution in [0.15, 0.2) is 35.3 Å². The van der Waals surface area contributed by atoms with E-state index in [0.29, 0.717) is 28.9 Å². The average molecular weight is 432 g/mol. The van der Waals surface area contributed by atoms with E-state index in [-0.39, 0.29) is 5.56 Å². The molecule has 0 aliphatic carbocycles. The van der Waals surface area contributed by atoms with Crippen molar-refractivity contribution in [3.63, 3.8) is 0 Å². The molecule has 2 aromatic heterocycles. The van der Waals surface area contributed by atoms with Crippen molar-refractivity contribution in [2.45, 2.75) is 26.2 Å². The number of fused-ring (bicyclic) bond motifs is 1. The number of rotatable bonds is 5. The summed E-state index contributed by atoms with van der Waals surface area (Å²) in [5, 5.41) is 8.68. The zero-order chi connectivity index (χ0) is 20.4. The van der Waals surface area contributed by atoms with E-state index in [0.717, 1.165) is 30.2 Å². The van der Waals surface area contributed by atoms with Crippen LogP contribution in [0.25, 0.3) is 4.96 Å². The lowest BCUT2D eigenvalue weighted by molar-refractivity contribution is 0.0952. The molecule has 1 aromatic carbocycles. The van der Waals surface area contributed by atoms with Crippen LogP contribution in [0.4, 0.5) is 5.13 Å². The number of anilines is 1. The molecule has 1 atom stereocenters. The molecule has 4 rings (SSSR count). The summed E-state index contributed by atoms with van der Waals surface area (Å²) in [6, 6.07) is 7.45. The number of piperidine rings is 1. The SMILES string of the molecule is CC1CCCN(c2nn3c(=O)c(C(=O)NCCc4ccc(Cl)cc4)cnc3s2)C1. The molecule has 3 aromatic rings. The molecule has 0 radical (unpaired) electrons. The number of nitrogens with one attached hydrogen (secondary N) is 1. The summed E-state index contributed by atoms with van der Waals surface area (Å²) in [4.78, 5) is 32.2. The van der Waals surface area contributed by atoms with Gasteiger partial charge in [0.05, 0.1) is 0 Å². The lowest BCUT2D eigenvalue weighted by Crippen LogP contribution is -2.35. The fourth-order valence-corrected chi connectivity index (χ4v) is 4.51. The summed E-state index contributed by atoms with van der Waals surface area (Å²) < 4.78 is 1.24. The summed E-state index contributed by atoms with van der Waals surface area (Å²) in [6.07, 6.45) is 4.31. The zero-order valence-electron chi connectivity index (χ0n) is 16.1. The number of halogens is 1. The van der Waals surface area contributed by atoms with Crippen LogP contribution in [-0.2, 0) is 6.42 Å². The van der Waals surface area contributed by atoms with Gasteiger partial charge in [-0.05, 0) is 42.9 Å². The van der Waals surface area contributed by atoms with Crippen molar-refractivity contribution in [3.05, 3.63) is 57.0 Å². The Morgan fingerprint density at radius 1 is 1.34 bits per heavy atom. The minimum absolute atomic E-state index is 0.00229. The Balaban J connectivity index is 1.47. The molecule has 1 saturated heterocycles. The van der Waals surface area contributed by atoms with Crippen molar-refractivity contribution < 1.29 is 4.79 Å². The van der Waals surface area contributed by atoms with E-state index in [9.17, 15) is 9.59 Å². The highest BCUT2D eigenvalue weighted by Gasteiger charge is 2.22. The van der Waals surface area contributed by atoms with Crippen molar-refractivity contribution >= 4 is 38.9 Å². The van der Waals surface area contributed by atoms with Crippen LogP contribution in [-0.4, -0.2) is 40.1 Å². The molecule has 1 aliphatic heterocycles. The summed E-state index contributed by atoms with van der Waals surface area (Å²) >= 11 is 7.26. The van der Waals surface area contributed by atoms with Gasteiger partial charge in [-0.15, -0.1) is 5.10 Å². The maximum Gasteiger partial charge on any atom is 0.288 e. The first kappa shape index (κ1) is 19.8. The van der Waals surface area contributed by atoms with Crippen LogP contribution in [0.3, 0.4) is 0 Å². The maximum absolute atomic E-state index is 12.8. The topological polar surface area (TPSA) is 79.6 Å². The molecule has 9 heteroatoms. The van der Waals surface area contributed by atoms with E-state index < -0.39 is 11.5 Å². The third-order valence-corrected chi connectivity index (χ3v) is 6.30. The lowest BCUT2D eigenvalue weighted by Gasteiger charge is -2.30. The van der Waals surface area contributed by atoms with Gasteiger partial charge in [-0.3, -0.25) is 9.59 Å². The Kier molecular flexibility index (Phi) is 5.82. The number of nitrogens with zero attached hydrogens (tertiary/aromatic N) is 4. The highest BCUT2D eigenvalue weighted by Crippen LogP contribution is 2.26. The van der Waals surface area contributed by atoms with Gasteiger partial charge in [0.1, 0.15) is 5.56 Å². The predicted octanol–water partition coefficient (Wildman–Crippen LogP) is 3.01. The summed E-state index contributed by atoms with van der Waals surface area (Å²) in [6.45, 7) is 4.48. The Morgan fingerprint density at radius 2 is 2.14 bits per heavy atom. The van der Waals surface area contributed by atoms with Crippen LogP contribution in [0.1, 0.15) is 35.7 Å². The fraction of sp³-hybridized carbons (Fsp3) is 0.400. The van der Waals surface area contributed by atoms with E-state index in [1.807, 2.05) is 24.3 Å². The third kappa shape index (κ3) is 4.43. The smallest absolute Gasteiger partial charge is 0.288 e. The molecule has 0 bridgehead atoms. The molecule has 7 nitrogen and oxygen atoms in total. The minimum atomic E-state index is -0.438. The number of carbonyl (C=O) groups excluding carboxylic acids is 1. The molecule has 1 N–H and O–H groups in total. The molecular weight excluding hydrogens is 410 g/mol. The number of hydrogen-bond acceptors (Lipinski definition) is 6. The monoisotopic (exact) mass is 431 g/mol. The largest absolute Gasteiger partial charge is 0.351 e. The molecule has 1 fully saturated rings. The van der Waals surface area contributed by atoms with Crippen molar-refractivity contribution in [3.8, 4) is 0 Å². The molecule has 0 saturated carbocycles. The Morgan fingerprint density at radius 3 is 2.90 bits per heavy atom. The van der Waals surface area contributed by atoms with Gasteiger partial charge in [0.2, 0.25) is 10.1 Å². The van der Waals surface area contributed by atoms with Crippen LogP contribution < -0.4 is 15.8 Å². The summed E-state index contributed by atoms with van der Waals surface area (Å²) in [5.41, 5.74) is 0.619. The van der Waals surface area contributed by atoms with Gasteiger partial charge < -0.3 is 10.2 Å². The van der Waals surface area contributed by atoms with E-state index in [2.05, 4.69) is 27.2 Å². The minimum Gasteiger partial charge on any atom is -0.351 e. The second kappa shape index (κ2) is 8.51. The fourth-order valence-electron chi connectivity index (χ4n) is 3.49. The van der Waals surface area contributed by atoms with Gasteiger partial charge in [0.25, 0.3) is 11.5 Å². The number of aromatic nitrogens is 3. The second-order valence-electron chi connectivity index (χ2n) is 7.38. The molecule has 3 heterocycles.